The molecule has 0 aromatic carbocycles. The molecule has 1 saturated heterocycles. The van der Waals surface area contributed by atoms with Gasteiger partial charge in [-0.2, -0.15) is 13.2 Å². The number of hydrogen-bond donors (Lipinski definition) is 1. The van der Waals surface area contributed by atoms with Crippen LogP contribution in [-0.2, 0) is 9.59 Å². The number of halogens is 3. The Hall–Kier alpha value is -1.31. The summed E-state index contributed by atoms with van der Waals surface area (Å²) in [4.78, 5) is 25.9. The highest BCUT2D eigenvalue weighted by atomic mass is 19.4. The SMILES string of the molecule is CC(C)N(CC(F)(F)F)C(=O)C(=O)N1CCCNCC1. The van der Waals surface area contributed by atoms with Gasteiger partial charge in [0, 0.05) is 25.7 Å². The van der Waals surface area contributed by atoms with E-state index in [4.69, 9.17) is 0 Å². The maximum atomic E-state index is 12.5. The molecule has 8 heteroatoms. The zero-order valence-corrected chi connectivity index (χ0v) is 11.7. The van der Waals surface area contributed by atoms with Crippen LogP contribution < -0.4 is 5.32 Å². The van der Waals surface area contributed by atoms with Crippen LogP contribution in [0.1, 0.15) is 20.3 Å². The summed E-state index contributed by atoms with van der Waals surface area (Å²) in [5.74, 6) is -1.94. The minimum atomic E-state index is -4.51. The highest BCUT2D eigenvalue weighted by Gasteiger charge is 2.37. The lowest BCUT2D eigenvalue weighted by Gasteiger charge is -2.29. The van der Waals surface area contributed by atoms with E-state index in [1.165, 1.54) is 18.7 Å². The molecular weight excluding hydrogens is 275 g/mol. The maximum absolute atomic E-state index is 12.5. The first-order chi connectivity index (χ1) is 9.22. The molecule has 0 aromatic heterocycles. The molecule has 5 nitrogen and oxygen atoms in total. The van der Waals surface area contributed by atoms with E-state index in [0.717, 1.165) is 6.54 Å². The Morgan fingerprint density at radius 2 is 1.90 bits per heavy atom. The Morgan fingerprint density at radius 1 is 1.25 bits per heavy atom. The largest absolute Gasteiger partial charge is 0.406 e. The highest BCUT2D eigenvalue weighted by Crippen LogP contribution is 2.18. The standard InChI is InChI=1S/C12H20F3N3O2/c1-9(2)18(8-12(13,14)15)11(20)10(19)17-6-3-4-16-5-7-17/h9,16H,3-8H2,1-2H3. The van der Waals surface area contributed by atoms with Crippen molar-refractivity contribution in [2.45, 2.75) is 32.5 Å². The minimum absolute atomic E-state index is 0.336. The normalized spacial score (nSPS) is 17.0. The molecule has 1 heterocycles. The van der Waals surface area contributed by atoms with Gasteiger partial charge in [-0.1, -0.05) is 0 Å². The number of carbonyl (C=O) groups is 2. The van der Waals surface area contributed by atoms with Gasteiger partial charge in [0.1, 0.15) is 6.54 Å². The number of rotatable bonds is 2. The van der Waals surface area contributed by atoms with Gasteiger partial charge in [0.25, 0.3) is 0 Å². The lowest BCUT2D eigenvalue weighted by Crippen LogP contribution is -2.51. The van der Waals surface area contributed by atoms with E-state index in [1.54, 1.807) is 0 Å². The molecule has 1 N–H and O–H groups in total. The molecular formula is C12H20F3N3O2. The lowest BCUT2D eigenvalue weighted by molar-refractivity contribution is -0.170. The van der Waals surface area contributed by atoms with Crippen molar-refractivity contribution in [1.29, 1.82) is 0 Å². The Labute approximate surface area is 116 Å². The molecule has 1 fully saturated rings. The first kappa shape index (κ1) is 16.7. The van der Waals surface area contributed by atoms with Crippen molar-refractivity contribution in [2.24, 2.45) is 0 Å². The van der Waals surface area contributed by atoms with Gasteiger partial charge >= 0.3 is 18.0 Å². The van der Waals surface area contributed by atoms with Gasteiger partial charge < -0.3 is 15.1 Å². The molecule has 0 unspecified atom stereocenters. The van der Waals surface area contributed by atoms with Gasteiger partial charge in [0.15, 0.2) is 0 Å². The highest BCUT2D eigenvalue weighted by molar-refractivity contribution is 6.35. The van der Waals surface area contributed by atoms with Crippen molar-refractivity contribution in [3.05, 3.63) is 0 Å². The van der Waals surface area contributed by atoms with E-state index in [2.05, 4.69) is 5.32 Å². The molecule has 0 radical (unpaired) electrons. The second-order valence-electron chi connectivity index (χ2n) is 5.04. The first-order valence-electron chi connectivity index (χ1n) is 6.59. The molecule has 0 aliphatic carbocycles. The summed E-state index contributed by atoms with van der Waals surface area (Å²) in [6.07, 6.45) is -3.83. The van der Waals surface area contributed by atoms with Gasteiger partial charge in [-0.25, -0.2) is 0 Å². The Morgan fingerprint density at radius 3 is 2.45 bits per heavy atom. The fourth-order valence-corrected chi connectivity index (χ4v) is 1.99. The van der Waals surface area contributed by atoms with Crippen LogP contribution in [0.25, 0.3) is 0 Å². The average molecular weight is 295 g/mol. The van der Waals surface area contributed by atoms with Crippen molar-refractivity contribution in [2.75, 3.05) is 32.7 Å². The number of alkyl halides is 3. The van der Waals surface area contributed by atoms with Gasteiger partial charge in [-0.15, -0.1) is 0 Å². The van der Waals surface area contributed by atoms with Crippen molar-refractivity contribution in [3.8, 4) is 0 Å². The average Bonchev–Trinajstić information content (AvgIpc) is 2.61. The smallest absolute Gasteiger partial charge is 0.333 e. The van der Waals surface area contributed by atoms with Gasteiger partial charge in [-0.3, -0.25) is 9.59 Å². The van der Waals surface area contributed by atoms with Crippen LogP contribution in [0.2, 0.25) is 0 Å². The topological polar surface area (TPSA) is 52.7 Å². The maximum Gasteiger partial charge on any atom is 0.406 e. The summed E-state index contributed by atoms with van der Waals surface area (Å²) in [6.45, 7) is 3.51. The van der Waals surface area contributed by atoms with E-state index < -0.39 is 30.6 Å². The number of hydrogen-bond acceptors (Lipinski definition) is 3. The predicted octanol–water partition coefficient (Wildman–Crippen LogP) is 0.608. The molecule has 0 aromatic rings. The Balaban J connectivity index is 2.75. The molecule has 1 rings (SSSR count). The summed E-state index contributed by atoms with van der Waals surface area (Å²) in [6, 6.07) is -0.682. The molecule has 0 spiro atoms. The Bertz CT molecular complexity index is 350. The van der Waals surface area contributed by atoms with Crippen molar-refractivity contribution in [3.63, 3.8) is 0 Å². The summed E-state index contributed by atoms with van der Waals surface area (Å²) < 4.78 is 37.4. The van der Waals surface area contributed by atoms with E-state index in [0.29, 0.717) is 31.0 Å². The van der Waals surface area contributed by atoms with E-state index in [-0.39, 0.29) is 0 Å². The third-order valence-electron chi connectivity index (χ3n) is 3.04. The zero-order valence-electron chi connectivity index (χ0n) is 11.7. The number of carbonyl (C=O) groups excluding carboxylic acids is 2. The second-order valence-corrected chi connectivity index (χ2v) is 5.04. The third-order valence-corrected chi connectivity index (χ3v) is 3.04. The number of amides is 2. The summed E-state index contributed by atoms with van der Waals surface area (Å²) >= 11 is 0. The quantitative estimate of drug-likeness (QED) is 0.759. The first-order valence-corrected chi connectivity index (χ1v) is 6.59. The van der Waals surface area contributed by atoms with Crippen LogP contribution in [0.15, 0.2) is 0 Å². The number of nitrogens with one attached hydrogen (secondary N) is 1. The minimum Gasteiger partial charge on any atom is -0.333 e. The molecule has 2 amide bonds. The lowest BCUT2D eigenvalue weighted by atomic mass is 10.2. The van der Waals surface area contributed by atoms with Crippen molar-refractivity contribution >= 4 is 11.8 Å². The Kier molecular flexibility index (Phi) is 5.79. The van der Waals surface area contributed by atoms with Gasteiger partial charge in [0.2, 0.25) is 0 Å². The molecule has 1 aliphatic rings. The summed E-state index contributed by atoms with van der Waals surface area (Å²) in [5, 5.41) is 3.06. The van der Waals surface area contributed by atoms with Crippen LogP contribution in [0.5, 0.6) is 0 Å². The monoisotopic (exact) mass is 295 g/mol. The fourth-order valence-electron chi connectivity index (χ4n) is 1.99. The molecule has 20 heavy (non-hydrogen) atoms. The van der Waals surface area contributed by atoms with Crippen molar-refractivity contribution < 1.29 is 22.8 Å². The predicted molar refractivity (Wildman–Crippen MR) is 67.0 cm³/mol. The van der Waals surface area contributed by atoms with Gasteiger partial charge in [0.05, 0.1) is 0 Å². The molecule has 0 bridgehead atoms. The zero-order chi connectivity index (χ0) is 15.3. The molecule has 1 aliphatic heterocycles. The molecule has 0 saturated carbocycles. The van der Waals surface area contributed by atoms with Crippen LogP contribution >= 0.6 is 0 Å². The second kappa shape index (κ2) is 6.92. The number of nitrogens with zero attached hydrogens (tertiary/aromatic N) is 2. The van der Waals surface area contributed by atoms with Crippen LogP contribution in [0, 0.1) is 0 Å². The third kappa shape index (κ3) is 4.99. The van der Waals surface area contributed by atoms with Crippen LogP contribution in [0.3, 0.4) is 0 Å². The van der Waals surface area contributed by atoms with E-state index in [9.17, 15) is 22.8 Å². The summed E-state index contributed by atoms with van der Waals surface area (Å²) in [5.41, 5.74) is 0. The van der Waals surface area contributed by atoms with Crippen LogP contribution in [-0.4, -0.2) is 66.6 Å². The van der Waals surface area contributed by atoms with E-state index >= 15 is 0 Å². The molecule has 116 valence electrons. The fraction of sp³-hybridized carbons (Fsp3) is 0.833. The molecule has 0 atom stereocenters. The van der Waals surface area contributed by atoms with Crippen LogP contribution in [0.4, 0.5) is 13.2 Å². The summed E-state index contributed by atoms with van der Waals surface area (Å²) in [7, 11) is 0. The van der Waals surface area contributed by atoms with E-state index in [1.807, 2.05) is 0 Å². The van der Waals surface area contributed by atoms with Gasteiger partial charge in [-0.05, 0) is 26.8 Å². The van der Waals surface area contributed by atoms with Crippen molar-refractivity contribution in [1.82, 2.24) is 15.1 Å².